The van der Waals surface area contributed by atoms with Gasteiger partial charge in [0.2, 0.25) is 5.85 Å². The number of rotatable bonds is 3. The van der Waals surface area contributed by atoms with Crippen molar-refractivity contribution in [2.45, 2.75) is 26.1 Å². The molecular formula is C11H13FO2. The number of esters is 1. The Hall–Kier alpha value is -1.38. The quantitative estimate of drug-likeness (QED) is 0.695. The van der Waals surface area contributed by atoms with Crippen LogP contribution in [0.1, 0.15) is 30.6 Å². The Labute approximate surface area is 82.7 Å². The van der Waals surface area contributed by atoms with E-state index in [1.165, 1.54) is 6.92 Å². The van der Waals surface area contributed by atoms with E-state index in [0.717, 1.165) is 0 Å². The predicted octanol–water partition coefficient (Wildman–Crippen LogP) is 2.94. The Morgan fingerprint density at radius 1 is 1.43 bits per heavy atom. The van der Waals surface area contributed by atoms with Gasteiger partial charge in [0.15, 0.2) is 0 Å². The maximum Gasteiger partial charge on any atom is 0.340 e. The molecule has 0 N–H and O–H groups in total. The third-order valence-electron chi connectivity index (χ3n) is 1.95. The second kappa shape index (κ2) is 4.22. The van der Waals surface area contributed by atoms with E-state index in [9.17, 15) is 9.18 Å². The van der Waals surface area contributed by atoms with Gasteiger partial charge in [0, 0.05) is 13.3 Å². The van der Waals surface area contributed by atoms with E-state index in [2.05, 4.69) is 4.74 Å². The van der Waals surface area contributed by atoms with Crippen LogP contribution >= 0.6 is 0 Å². The molecule has 2 nitrogen and oxygen atoms in total. The lowest BCUT2D eigenvalue weighted by Gasteiger charge is -2.18. The van der Waals surface area contributed by atoms with E-state index in [0.29, 0.717) is 5.56 Å². The molecule has 0 aliphatic heterocycles. The molecule has 0 radical (unpaired) electrons. The van der Waals surface area contributed by atoms with Gasteiger partial charge in [-0.3, -0.25) is 0 Å². The monoisotopic (exact) mass is 196 g/mol. The minimum atomic E-state index is -1.88. The zero-order chi connectivity index (χ0) is 10.6. The number of alkyl halides is 1. The first kappa shape index (κ1) is 10.7. The molecule has 1 aromatic carbocycles. The van der Waals surface area contributed by atoms with Crippen LogP contribution in [0.15, 0.2) is 30.3 Å². The standard InChI is InChI=1S/C11H13FO2/c1-3-11(2,12)14-10(13)9-7-5-4-6-8-9/h4-8H,3H2,1-2H3. The van der Waals surface area contributed by atoms with Crippen LogP contribution in [0.4, 0.5) is 4.39 Å². The van der Waals surface area contributed by atoms with Crippen molar-refractivity contribution in [2.24, 2.45) is 0 Å². The topological polar surface area (TPSA) is 26.3 Å². The minimum absolute atomic E-state index is 0.144. The van der Waals surface area contributed by atoms with E-state index in [1.54, 1.807) is 37.3 Å². The summed E-state index contributed by atoms with van der Waals surface area (Å²) >= 11 is 0. The van der Waals surface area contributed by atoms with E-state index in [4.69, 9.17) is 0 Å². The third kappa shape index (κ3) is 2.83. The second-order valence-corrected chi connectivity index (χ2v) is 3.21. The van der Waals surface area contributed by atoms with Crippen LogP contribution in [-0.2, 0) is 4.74 Å². The van der Waals surface area contributed by atoms with Gasteiger partial charge in [-0.15, -0.1) is 0 Å². The van der Waals surface area contributed by atoms with Crippen molar-refractivity contribution in [3.05, 3.63) is 35.9 Å². The Kier molecular flexibility index (Phi) is 3.23. The summed E-state index contributed by atoms with van der Waals surface area (Å²) in [6.07, 6.45) is 0.144. The highest BCUT2D eigenvalue weighted by Crippen LogP contribution is 2.18. The number of carbonyl (C=O) groups is 1. The lowest BCUT2D eigenvalue weighted by molar-refractivity contribution is -0.0916. The second-order valence-electron chi connectivity index (χ2n) is 3.21. The first-order chi connectivity index (χ1) is 6.55. The fourth-order valence-electron chi connectivity index (χ4n) is 0.899. The molecule has 1 unspecified atom stereocenters. The molecule has 0 amide bonds. The summed E-state index contributed by atoms with van der Waals surface area (Å²) in [5.74, 6) is -2.51. The smallest absolute Gasteiger partial charge is 0.340 e. The highest BCUT2D eigenvalue weighted by atomic mass is 19.2. The summed E-state index contributed by atoms with van der Waals surface area (Å²) in [6, 6.07) is 8.38. The molecule has 1 rings (SSSR count). The largest absolute Gasteiger partial charge is 0.425 e. The van der Waals surface area contributed by atoms with Crippen molar-refractivity contribution in [3.8, 4) is 0 Å². The first-order valence-electron chi connectivity index (χ1n) is 4.52. The number of halogens is 1. The maximum absolute atomic E-state index is 13.3. The van der Waals surface area contributed by atoms with E-state index in [-0.39, 0.29) is 6.42 Å². The maximum atomic E-state index is 13.3. The third-order valence-corrected chi connectivity index (χ3v) is 1.95. The van der Waals surface area contributed by atoms with Crippen LogP contribution in [0.5, 0.6) is 0 Å². The summed E-state index contributed by atoms with van der Waals surface area (Å²) in [6.45, 7) is 2.87. The van der Waals surface area contributed by atoms with Gasteiger partial charge in [-0.2, -0.15) is 4.39 Å². The zero-order valence-corrected chi connectivity index (χ0v) is 8.29. The van der Waals surface area contributed by atoms with Crippen LogP contribution in [-0.4, -0.2) is 11.8 Å². The Morgan fingerprint density at radius 2 is 2.00 bits per heavy atom. The number of carbonyl (C=O) groups excluding carboxylic acids is 1. The number of benzene rings is 1. The minimum Gasteiger partial charge on any atom is -0.425 e. The lowest BCUT2D eigenvalue weighted by atomic mass is 10.2. The van der Waals surface area contributed by atoms with Crippen molar-refractivity contribution in [1.82, 2.24) is 0 Å². The first-order valence-corrected chi connectivity index (χ1v) is 4.52. The molecule has 0 aliphatic rings. The van der Waals surface area contributed by atoms with Crippen LogP contribution in [0.25, 0.3) is 0 Å². The molecule has 0 saturated heterocycles. The van der Waals surface area contributed by atoms with Crippen molar-refractivity contribution >= 4 is 5.97 Å². The molecule has 76 valence electrons. The predicted molar refractivity (Wildman–Crippen MR) is 51.7 cm³/mol. The van der Waals surface area contributed by atoms with Crippen LogP contribution in [0.3, 0.4) is 0 Å². The highest BCUT2D eigenvalue weighted by Gasteiger charge is 2.25. The molecule has 1 aromatic rings. The molecular weight excluding hydrogens is 183 g/mol. The molecule has 0 aliphatic carbocycles. The van der Waals surface area contributed by atoms with Gasteiger partial charge < -0.3 is 4.74 Å². The van der Waals surface area contributed by atoms with Crippen LogP contribution in [0.2, 0.25) is 0 Å². The molecule has 0 spiro atoms. The summed E-state index contributed by atoms with van der Waals surface area (Å²) < 4.78 is 18.0. The SMILES string of the molecule is CCC(C)(F)OC(=O)c1ccccc1. The summed E-state index contributed by atoms with van der Waals surface area (Å²) in [5.41, 5.74) is 0.366. The van der Waals surface area contributed by atoms with Gasteiger partial charge in [-0.05, 0) is 12.1 Å². The fourth-order valence-corrected chi connectivity index (χ4v) is 0.899. The van der Waals surface area contributed by atoms with E-state index < -0.39 is 11.8 Å². The van der Waals surface area contributed by atoms with Gasteiger partial charge in [0.25, 0.3) is 0 Å². The Bertz CT molecular complexity index is 306. The lowest BCUT2D eigenvalue weighted by Crippen LogP contribution is -2.25. The van der Waals surface area contributed by atoms with Crippen molar-refractivity contribution in [1.29, 1.82) is 0 Å². The molecule has 0 fully saturated rings. The van der Waals surface area contributed by atoms with Gasteiger partial charge in [0.1, 0.15) is 0 Å². The molecule has 1 atom stereocenters. The molecule has 14 heavy (non-hydrogen) atoms. The average Bonchev–Trinajstić information content (AvgIpc) is 2.19. The van der Waals surface area contributed by atoms with Gasteiger partial charge in [-0.25, -0.2) is 4.79 Å². The summed E-state index contributed by atoms with van der Waals surface area (Å²) in [4.78, 5) is 11.4. The fraction of sp³-hybridized carbons (Fsp3) is 0.364. The zero-order valence-electron chi connectivity index (χ0n) is 8.29. The highest BCUT2D eigenvalue weighted by molar-refractivity contribution is 5.89. The van der Waals surface area contributed by atoms with Crippen LogP contribution in [0, 0.1) is 0 Å². The van der Waals surface area contributed by atoms with Gasteiger partial charge in [0.05, 0.1) is 5.56 Å². The molecule has 0 aromatic heterocycles. The van der Waals surface area contributed by atoms with Crippen LogP contribution < -0.4 is 0 Å². The molecule has 0 saturated carbocycles. The van der Waals surface area contributed by atoms with Crippen molar-refractivity contribution in [3.63, 3.8) is 0 Å². The average molecular weight is 196 g/mol. The molecule has 0 bridgehead atoms. The molecule has 0 heterocycles. The van der Waals surface area contributed by atoms with E-state index >= 15 is 0 Å². The van der Waals surface area contributed by atoms with E-state index in [1.807, 2.05) is 0 Å². The van der Waals surface area contributed by atoms with Crippen molar-refractivity contribution < 1.29 is 13.9 Å². The number of hydrogen-bond donors (Lipinski definition) is 0. The summed E-state index contributed by atoms with van der Waals surface area (Å²) in [7, 11) is 0. The summed E-state index contributed by atoms with van der Waals surface area (Å²) in [5, 5.41) is 0. The number of hydrogen-bond acceptors (Lipinski definition) is 2. The van der Waals surface area contributed by atoms with Gasteiger partial charge >= 0.3 is 5.97 Å². The Morgan fingerprint density at radius 3 is 2.50 bits per heavy atom. The normalized spacial score (nSPS) is 14.5. The number of ether oxygens (including phenoxy) is 1. The Balaban J connectivity index is 2.69. The molecule has 3 heteroatoms. The van der Waals surface area contributed by atoms with Crippen molar-refractivity contribution in [2.75, 3.05) is 0 Å². The van der Waals surface area contributed by atoms with Gasteiger partial charge in [-0.1, -0.05) is 25.1 Å².